The molecule has 0 saturated carbocycles. The van der Waals surface area contributed by atoms with Gasteiger partial charge in [0, 0.05) is 0 Å². The van der Waals surface area contributed by atoms with Gasteiger partial charge in [-0.25, -0.2) is 0 Å². The van der Waals surface area contributed by atoms with Gasteiger partial charge in [0.1, 0.15) is 0 Å². The predicted octanol–water partition coefficient (Wildman–Crippen LogP) is 1.55. The summed E-state index contributed by atoms with van der Waals surface area (Å²) in [6.45, 7) is 1.98. The monoisotopic (exact) mass is 212 g/mol. The molecular weight excluding hydrogens is 199 g/mol. The van der Waals surface area contributed by atoms with E-state index in [9.17, 15) is 0 Å². The Labute approximate surface area is 95.0 Å². The van der Waals surface area contributed by atoms with Gasteiger partial charge in [-0.3, -0.25) is 0 Å². The van der Waals surface area contributed by atoms with Crippen molar-refractivity contribution < 1.29 is 10.0 Å². The van der Waals surface area contributed by atoms with Crippen LogP contribution in [0.4, 0.5) is 0 Å². The SMILES string of the molecule is C/C=C/c1ccc2cc(B(O)O)ccc2c1. The summed E-state index contributed by atoms with van der Waals surface area (Å²) in [5, 5.41) is 20.2. The number of hydrogen-bond donors (Lipinski definition) is 2. The lowest BCUT2D eigenvalue weighted by molar-refractivity contribution is 0.426. The third-order valence-electron chi connectivity index (χ3n) is 2.55. The third kappa shape index (κ3) is 2.16. The maximum atomic E-state index is 9.07. The van der Waals surface area contributed by atoms with Gasteiger partial charge < -0.3 is 10.0 Å². The second-order valence-electron chi connectivity index (χ2n) is 3.74. The number of rotatable bonds is 2. The highest BCUT2D eigenvalue weighted by Crippen LogP contribution is 2.15. The van der Waals surface area contributed by atoms with E-state index in [1.54, 1.807) is 12.1 Å². The molecule has 0 spiro atoms. The van der Waals surface area contributed by atoms with Crippen LogP contribution in [0.5, 0.6) is 0 Å². The van der Waals surface area contributed by atoms with Crippen LogP contribution in [-0.4, -0.2) is 17.2 Å². The van der Waals surface area contributed by atoms with Crippen molar-refractivity contribution in [3.63, 3.8) is 0 Å². The molecule has 3 heteroatoms. The van der Waals surface area contributed by atoms with Gasteiger partial charge in [0.05, 0.1) is 0 Å². The summed E-state index contributed by atoms with van der Waals surface area (Å²) in [6, 6.07) is 11.5. The summed E-state index contributed by atoms with van der Waals surface area (Å²) in [5.41, 5.74) is 1.67. The van der Waals surface area contributed by atoms with E-state index in [1.807, 2.05) is 37.3 Å². The van der Waals surface area contributed by atoms with E-state index in [0.29, 0.717) is 5.46 Å². The molecule has 0 heterocycles. The molecule has 0 radical (unpaired) electrons. The molecule has 0 bridgehead atoms. The molecule has 0 saturated heterocycles. The third-order valence-corrected chi connectivity index (χ3v) is 2.55. The van der Waals surface area contributed by atoms with Crippen LogP contribution in [0, 0.1) is 0 Å². The molecule has 16 heavy (non-hydrogen) atoms. The first-order valence-corrected chi connectivity index (χ1v) is 5.23. The van der Waals surface area contributed by atoms with Gasteiger partial charge in [-0.1, -0.05) is 42.5 Å². The molecule has 2 aromatic carbocycles. The smallest absolute Gasteiger partial charge is 0.423 e. The fraction of sp³-hybridized carbons (Fsp3) is 0.0769. The molecule has 0 aromatic heterocycles. The number of benzene rings is 2. The summed E-state index contributed by atoms with van der Waals surface area (Å²) in [5.74, 6) is 0. The molecule has 2 rings (SSSR count). The first-order valence-electron chi connectivity index (χ1n) is 5.23. The van der Waals surface area contributed by atoms with Crippen LogP contribution in [0.3, 0.4) is 0 Å². The average Bonchev–Trinajstić information content (AvgIpc) is 2.28. The quantitative estimate of drug-likeness (QED) is 0.741. The van der Waals surface area contributed by atoms with E-state index >= 15 is 0 Å². The Morgan fingerprint density at radius 2 is 1.69 bits per heavy atom. The molecule has 0 aliphatic carbocycles. The molecule has 0 fully saturated rings. The van der Waals surface area contributed by atoms with Gasteiger partial charge >= 0.3 is 7.12 Å². The second kappa shape index (κ2) is 4.52. The van der Waals surface area contributed by atoms with E-state index in [2.05, 4.69) is 6.07 Å². The van der Waals surface area contributed by atoms with Crippen molar-refractivity contribution in [2.45, 2.75) is 6.92 Å². The maximum absolute atomic E-state index is 9.07. The number of allylic oxidation sites excluding steroid dienone is 1. The van der Waals surface area contributed by atoms with Crippen LogP contribution in [0.2, 0.25) is 0 Å². The average molecular weight is 212 g/mol. The standard InChI is InChI=1S/C13H13BO2/c1-2-3-10-4-5-12-9-13(14(15)16)7-6-11(12)8-10/h2-9,15-16H,1H3/b3-2+. The Balaban J connectivity index is 2.52. The Morgan fingerprint density at radius 3 is 2.38 bits per heavy atom. The zero-order valence-corrected chi connectivity index (χ0v) is 9.09. The first kappa shape index (κ1) is 10.9. The summed E-state index contributed by atoms with van der Waals surface area (Å²) in [7, 11) is -1.40. The summed E-state index contributed by atoms with van der Waals surface area (Å²) >= 11 is 0. The maximum Gasteiger partial charge on any atom is 0.488 e. The van der Waals surface area contributed by atoms with Crippen LogP contribution < -0.4 is 5.46 Å². The van der Waals surface area contributed by atoms with Gasteiger partial charge in [0.25, 0.3) is 0 Å². The van der Waals surface area contributed by atoms with Crippen molar-refractivity contribution in [1.29, 1.82) is 0 Å². The highest BCUT2D eigenvalue weighted by Gasteiger charge is 2.10. The minimum Gasteiger partial charge on any atom is -0.423 e. The van der Waals surface area contributed by atoms with E-state index in [1.165, 1.54) is 0 Å². The summed E-state index contributed by atoms with van der Waals surface area (Å²) < 4.78 is 0. The molecule has 0 aliphatic rings. The Kier molecular flexibility index (Phi) is 3.08. The van der Waals surface area contributed by atoms with Gasteiger partial charge in [-0.15, -0.1) is 0 Å². The normalized spacial score (nSPS) is 11.2. The second-order valence-corrected chi connectivity index (χ2v) is 3.74. The van der Waals surface area contributed by atoms with E-state index in [0.717, 1.165) is 16.3 Å². The summed E-state index contributed by atoms with van der Waals surface area (Å²) in [4.78, 5) is 0. The van der Waals surface area contributed by atoms with Crippen LogP contribution in [0.25, 0.3) is 16.8 Å². The molecule has 2 N–H and O–H groups in total. The zero-order valence-electron chi connectivity index (χ0n) is 9.09. The highest BCUT2D eigenvalue weighted by molar-refractivity contribution is 6.58. The molecule has 0 amide bonds. The van der Waals surface area contributed by atoms with Crippen LogP contribution in [-0.2, 0) is 0 Å². The van der Waals surface area contributed by atoms with E-state index < -0.39 is 7.12 Å². The minimum atomic E-state index is -1.40. The lowest BCUT2D eigenvalue weighted by atomic mass is 9.79. The highest BCUT2D eigenvalue weighted by atomic mass is 16.4. The van der Waals surface area contributed by atoms with Gasteiger partial charge in [0.15, 0.2) is 0 Å². The largest absolute Gasteiger partial charge is 0.488 e. The number of fused-ring (bicyclic) bond motifs is 1. The first-order chi connectivity index (χ1) is 7.70. The fourth-order valence-corrected chi connectivity index (χ4v) is 1.74. The van der Waals surface area contributed by atoms with Crippen molar-refractivity contribution >= 4 is 29.4 Å². The molecular formula is C13H13BO2. The predicted molar refractivity (Wildman–Crippen MR) is 68.5 cm³/mol. The van der Waals surface area contributed by atoms with Gasteiger partial charge in [0.2, 0.25) is 0 Å². The Morgan fingerprint density at radius 1 is 1.00 bits per heavy atom. The Hall–Kier alpha value is -1.58. The molecule has 2 aromatic rings. The fourth-order valence-electron chi connectivity index (χ4n) is 1.74. The van der Waals surface area contributed by atoms with Crippen LogP contribution in [0.1, 0.15) is 12.5 Å². The Bertz CT molecular complexity index is 532. The molecule has 0 aliphatic heterocycles. The number of hydrogen-bond acceptors (Lipinski definition) is 2. The molecule has 0 unspecified atom stereocenters. The van der Waals surface area contributed by atoms with Crippen molar-refractivity contribution in [3.8, 4) is 0 Å². The molecule has 80 valence electrons. The molecule has 2 nitrogen and oxygen atoms in total. The summed E-state index contributed by atoms with van der Waals surface area (Å²) in [6.07, 6.45) is 4.03. The molecule has 0 atom stereocenters. The van der Waals surface area contributed by atoms with E-state index in [-0.39, 0.29) is 0 Å². The van der Waals surface area contributed by atoms with Crippen LogP contribution in [0.15, 0.2) is 42.5 Å². The van der Waals surface area contributed by atoms with Crippen molar-refractivity contribution in [3.05, 3.63) is 48.0 Å². The lowest BCUT2D eigenvalue weighted by Crippen LogP contribution is -2.29. The van der Waals surface area contributed by atoms with Crippen molar-refractivity contribution in [2.75, 3.05) is 0 Å². The van der Waals surface area contributed by atoms with Crippen molar-refractivity contribution in [2.24, 2.45) is 0 Å². The topological polar surface area (TPSA) is 40.5 Å². The lowest BCUT2D eigenvalue weighted by Gasteiger charge is -2.03. The zero-order chi connectivity index (χ0) is 11.5. The van der Waals surface area contributed by atoms with Gasteiger partial charge in [-0.05, 0) is 34.8 Å². The van der Waals surface area contributed by atoms with Crippen molar-refractivity contribution in [1.82, 2.24) is 0 Å². The van der Waals surface area contributed by atoms with Gasteiger partial charge in [-0.2, -0.15) is 0 Å². The minimum absolute atomic E-state index is 0.520. The van der Waals surface area contributed by atoms with Crippen LogP contribution >= 0.6 is 0 Å². The van der Waals surface area contributed by atoms with E-state index in [4.69, 9.17) is 10.0 Å².